The van der Waals surface area contributed by atoms with Gasteiger partial charge in [0.05, 0.1) is 12.5 Å². The van der Waals surface area contributed by atoms with E-state index in [0.717, 1.165) is 37.0 Å². The van der Waals surface area contributed by atoms with E-state index in [2.05, 4.69) is 0 Å². The van der Waals surface area contributed by atoms with Crippen molar-refractivity contribution in [2.24, 2.45) is 5.92 Å². The molecule has 0 saturated carbocycles. The molecular weight excluding hydrogens is 335 g/mol. The van der Waals surface area contributed by atoms with Crippen molar-refractivity contribution < 1.29 is 24.1 Å². The second-order valence-electron chi connectivity index (χ2n) is 6.38. The summed E-state index contributed by atoms with van der Waals surface area (Å²) < 4.78 is 18.5. The van der Waals surface area contributed by atoms with Crippen molar-refractivity contribution in [2.45, 2.75) is 38.7 Å². The molecule has 0 bridgehead atoms. The second kappa shape index (κ2) is 10.6. The Balaban J connectivity index is 1.67. The lowest BCUT2D eigenvalue weighted by molar-refractivity contribution is -0.143. The van der Waals surface area contributed by atoms with Crippen LogP contribution in [0.1, 0.15) is 36.8 Å². The number of aliphatic carboxylic acids is 1. The fourth-order valence-electron chi connectivity index (χ4n) is 2.69. The van der Waals surface area contributed by atoms with Gasteiger partial charge in [0, 0.05) is 0 Å². The zero-order valence-electron chi connectivity index (χ0n) is 14.7. The minimum atomic E-state index is -0.927. The number of aliphatic hydroxyl groups excluding tert-OH is 1. The van der Waals surface area contributed by atoms with Crippen LogP contribution in [0.15, 0.2) is 48.5 Å². The number of hydrogen-bond donors (Lipinski definition) is 2. The van der Waals surface area contributed by atoms with Gasteiger partial charge in [-0.15, -0.1) is 0 Å². The van der Waals surface area contributed by atoms with Crippen molar-refractivity contribution in [3.63, 3.8) is 0 Å². The quantitative estimate of drug-likeness (QED) is 0.589. The van der Waals surface area contributed by atoms with Crippen molar-refractivity contribution in [2.75, 3.05) is 6.61 Å². The number of hydrogen-bond acceptors (Lipinski definition) is 3. The monoisotopic (exact) mass is 360 g/mol. The van der Waals surface area contributed by atoms with Gasteiger partial charge in [-0.3, -0.25) is 4.79 Å². The molecule has 1 atom stereocenters. The molecule has 4 nitrogen and oxygen atoms in total. The van der Waals surface area contributed by atoms with Crippen LogP contribution in [0.2, 0.25) is 0 Å². The number of ether oxygens (including phenoxy) is 1. The number of carbonyl (C=O) groups is 1. The van der Waals surface area contributed by atoms with Gasteiger partial charge in [-0.2, -0.15) is 0 Å². The molecule has 2 aromatic rings. The van der Waals surface area contributed by atoms with Gasteiger partial charge in [0.25, 0.3) is 0 Å². The number of rotatable bonds is 11. The first kappa shape index (κ1) is 19.9. The van der Waals surface area contributed by atoms with Gasteiger partial charge in [0.15, 0.2) is 0 Å². The Morgan fingerprint density at radius 1 is 0.962 bits per heavy atom. The minimum Gasteiger partial charge on any atom is -0.489 e. The molecule has 0 radical (unpaired) electrons. The smallest absolute Gasteiger partial charge is 0.308 e. The van der Waals surface area contributed by atoms with Gasteiger partial charge < -0.3 is 14.9 Å². The van der Waals surface area contributed by atoms with Crippen LogP contribution in [-0.2, 0) is 17.8 Å². The van der Waals surface area contributed by atoms with Gasteiger partial charge in [-0.1, -0.05) is 37.1 Å². The Labute approximate surface area is 153 Å². The van der Waals surface area contributed by atoms with E-state index in [4.69, 9.17) is 14.9 Å². The van der Waals surface area contributed by atoms with E-state index in [1.54, 1.807) is 12.1 Å². The average molecular weight is 360 g/mol. The molecule has 2 N–H and O–H groups in total. The van der Waals surface area contributed by atoms with Gasteiger partial charge in [-0.25, -0.2) is 4.39 Å². The summed E-state index contributed by atoms with van der Waals surface area (Å²) in [6.07, 6.45) is 4.16. The van der Waals surface area contributed by atoms with Crippen LogP contribution in [0, 0.1) is 11.7 Å². The highest BCUT2D eigenvalue weighted by atomic mass is 19.1. The standard InChI is InChI=1S/C21H25FO4/c22-19-10-6-17(7-11-19)15-26-20-12-8-16(9-13-20)4-2-1-3-5-18(14-23)21(24)25/h6-13,18,23H,1-5,14-15H2,(H,24,25). The molecule has 2 aromatic carbocycles. The third kappa shape index (κ3) is 6.84. The second-order valence-corrected chi connectivity index (χ2v) is 6.38. The molecule has 0 heterocycles. The van der Waals surface area contributed by atoms with Gasteiger partial charge >= 0.3 is 5.97 Å². The fraction of sp³-hybridized carbons (Fsp3) is 0.381. The topological polar surface area (TPSA) is 66.8 Å². The molecule has 0 fully saturated rings. The molecular formula is C21H25FO4. The summed E-state index contributed by atoms with van der Waals surface area (Å²) in [5.41, 5.74) is 2.12. The van der Waals surface area contributed by atoms with E-state index in [1.165, 1.54) is 17.7 Å². The first-order valence-electron chi connectivity index (χ1n) is 8.88. The molecule has 140 valence electrons. The van der Waals surface area contributed by atoms with Crippen molar-refractivity contribution in [1.82, 2.24) is 0 Å². The van der Waals surface area contributed by atoms with Crippen molar-refractivity contribution in [3.05, 3.63) is 65.5 Å². The lowest BCUT2D eigenvalue weighted by Crippen LogP contribution is -2.17. The summed E-state index contributed by atoms with van der Waals surface area (Å²) in [5, 5.41) is 17.9. The molecule has 26 heavy (non-hydrogen) atoms. The number of unbranched alkanes of at least 4 members (excludes halogenated alkanes) is 2. The van der Waals surface area contributed by atoms with Crippen LogP contribution in [0.5, 0.6) is 5.75 Å². The molecule has 0 aromatic heterocycles. The van der Waals surface area contributed by atoms with E-state index in [1.807, 2.05) is 24.3 Å². The molecule has 0 aliphatic rings. The van der Waals surface area contributed by atoms with Crippen LogP contribution in [0.3, 0.4) is 0 Å². The zero-order chi connectivity index (χ0) is 18.8. The van der Waals surface area contributed by atoms with Crippen LogP contribution in [0.4, 0.5) is 4.39 Å². The number of carboxylic acids is 1. The van der Waals surface area contributed by atoms with Crippen molar-refractivity contribution >= 4 is 5.97 Å². The summed E-state index contributed by atoms with van der Waals surface area (Å²) >= 11 is 0. The van der Waals surface area contributed by atoms with Gasteiger partial charge in [0.2, 0.25) is 0 Å². The normalized spacial score (nSPS) is 11.9. The number of aliphatic hydroxyl groups is 1. The maximum absolute atomic E-state index is 12.9. The highest BCUT2D eigenvalue weighted by molar-refractivity contribution is 5.69. The lowest BCUT2D eigenvalue weighted by atomic mass is 10.0. The number of halogens is 1. The molecule has 0 saturated heterocycles. The summed E-state index contributed by atoms with van der Waals surface area (Å²) in [6.45, 7) is 0.101. The predicted molar refractivity (Wildman–Crippen MR) is 97.6 cm³/mol. The summed E-state index contributed by atoms with van der Waals surface area (Å²) in [5.74, 6) is -1.06. The SMILES string of the molecule is O=C(O)C(CO)CCCCCc1ccc(OCc2ccc(F)cc2)cc1. The van der Waals surface area contributed by atoms with Crippen LogP contribution in [-0.4, -0.2) is 22.8 Å². The minimum absolute atomic E-state index is 0.257. The molecule has 0 spiro atoms. The Morgan fingerprint density at radius 3 is 2.23 bits per heavy atom. The largest absolute Gasteiger partial charge is 0.489 e. The predicted octanol–water partition coefficient (Wildman–Crippen LogP) is 4.20. The van der Waals surface area contributed by atoms with Crippen LogP contribution in [0.25, 0.3) is 0 Å². The number of carboxylic acid groups (broad SMARTS) is 1. The van der Waals surface area contributed by atoms with Crippen LogP contribution >= 0.6 is 0 Å². The maximum Gasteiger partial charge on any atom is 0.308 e. The van der Waals surface area contributed by atoms with Crippen molar-refractivity contribution in [3.8, 4) is 5.75 Å². The molecule has 0 aliphatic heterocycles. The van der Waals surface area contributed by atoms with Gasteiger partial charge in [-0.05, 0) is 54.7 Å². The van der Waals surface area contributed by atoms with Crippen LogP contribution < -0.4 is 4.74 Å². The Bertz CT molecular complexity index is 667. The van der Waals surface area contributed by atoms with E-state index >= 15 is 0 Å². The maximum atomic E-state index is 12.9. The Morgan fingerprint density at radius 2 is 1.62 bits per heavy atom. The van der Waals surface area contributed by atoms with E-state index in [0.29, 0.717) is 13.0 Å². The summed E-state index contributed by atoms with van der Waals surface area (Å²) in [4.78, 5) is 10.8. The highest BCUT2D eigenvalue weighted by Crippen LogP contribution is 2.17. The van der Waals surface area contributed by atoms with Gasteiger partial charge in [0.1, 0.15) is 18.2 Å². The molecule has 2 rings (SSSR count). The Kier molecular flexibility index (Phi) is 8.09. The molecule has 0 amide bonds. The first-order valence-corrected chi connectivity index (χ1v) is 8.88. The summed E-state index contributed by atoms with van der Waals surface area (Å²) in [6, 6.07) is 14.1. The van der Waals surface area contributed by atoms with E-state index in [-0.39, 0.29) is 12.4 Å². The zero-order valence-corrected chi connectivity index (χ0v) is 14.7. The lowest BCUT2D eigenvalue weighted by Gasteiger charge is -2.09. The molecule has 5 heteroatoms. The first-order chi connectivity index (χ1) is 12.6. The Hall–Kier alpha value is -2.40. The molecule has 0 aliphatic carbocycles. The number of aryl methyl sites for hydroxylation is 1. The third-order valence-electron chi connectivity index (χ3n) is 4.33. The van der Waals surface area contributed by atoms with E-state index in [9.17, 15) is 9.18 Å². The van der Waals surface area contributed by atoms with Crippen molar-refractivity contribution in [1.29, 1.82) is 0 Å². The average Bonchev–Trinajstić information content (AvgIpc) is 2.65. The summed E-state index contributed by atoms with van der Waals surface area (Å²) in [7, 11) is 0. The van der Waals surface area contributed by atoms with E-state index < -0.39 is 11.9 Å². The molecule has 1 unspecified atom stereocenters. The highest BCUT2D eigenvalue weighted by Gasteiger charge is 2.14. The fourth-order valence-corrected chi connectivity index (χ4v) is 2.69. The number of benzene rings is 2. The third-order valence-corrected chi connectivity index (χ3v) is 4.33.